The third kappa shape index (κ3) is 7.69. The zero-order chi connectivity index (χ0) is 29.3. The second kappa shape index (κ2) is 14.3. The summed E-state index contributed by atoms with van der Waals surface area (Å²) in [6.07, 6.45) is 1.93. The molecule has 3 aromatic carbocycles. The van der Waals surface area contributed by atoms with Gasteiger partial charge in [-0.1, -0.05) is 79.7 Å². The fourth-order valence-corrected chi connectivity index (χ4v) is 5.24. The maximum absolute atomic E-state index is 12.5. The van der Waals surface area contributed by atoms with Crippen LogP contribution in [0.5, 0.6) is 0 Å². The number of hydrogen-bond acceptors (Lipinski definition) is 6. The van der Waals surface area contributed by atoms with Crippen molar-refractivity contribution in [1.29, 1.82) is 0 Å². The van der Waals surface area contributed by atoms with Crippen LogP contribution in [0.4, 0.5) is 0 Å². The van der Waals surface area contributed by atoms with Crippen LogP contribution in [-0.4, -0.2) is 47.1 Å². The molecule has 0 aliphatic carbocycles. The van der Waals surface area contributed by atoms with Gasteiger partial charge >= 0.3 is 0 Å². The monoisotopic (exact) mass is 565 g/mol. The van der Waals surface area contributed by atoms with Crippen LogP contribution in [0.3, 0.4) is 0 Å². The highest BCUT2D eigenvalue weighted by Gasteiger charge is 2.38. The molecule has 1 amide bonds. The molecule has 2 N–H and O–H groups in total. The van der Waals surface area contributed by atoms with E-state index in [-0.39, 0.29) is 30.6 Å². The van der Waals surface area contributed by atoms with Crippen LogP contribution in [-0.2, 0) is 29.0 Å². The number of aromatic nitrogens is 1. The minimum atomic E-state index is -0.536. The van der Waals surface area contributed by atoms with Crippen molar-refractivity contribution in [2.75, 3.05) is 20.1 Å². The number of aliphatic hydroxyl groups is 1. The van der Waals surface area contributed by atoms with Gasteiger partial charge in [-0.15, -0.1) is 0 Å². The van der Waals surface area contributed by atoms with E-state index in [0.29, 0.717) is 12.1 Å². The summed E-state index contributed by atoms with van der Waals surface area (Å²) in [5.41, 5.74) is 5.57. The summed E-state index contributed by atoms with van der Waals surface area (Å²) in [5, 5.41) is 12.5. The Balaban J connectivity index is 1.28. The minimum Gasteiger partial charge on any atom is -0.392 e. The van der Waals surface area contributed by atoms with E-state index in [1.165, 1.54) is 0 Å². The van der Waals surface area contributed by atoms with Crippen LogP contribution in [0.2, 0.25) is 0 Å². The van der Waals surface area contributed by atoms with Crippen molar-refractivity contribution in [3.8, 4) is 0 Å². The average molecular weight is 566 g/mol. The molecule has 0 spiro atoms. The largest absolute Gasteiger partial charge is 0.392 e. The first-order chi connectivity index (χ1) is 20.5. The Bertz CT molecular complexity index is 1400. The van der Waals surface area contributed by atoms with Crippen molar-refractivity contribution in [2.24, 2.45) is 5.92 Å². The zero-order valence-electron chi connectivity index (χ0n) is 24.2. The molecule has 1 aromatic heterocycles. The predicted molar refractivity (Wildman–Crippen MR) is 162 cm³/mol. The number of rotatable bonds is 11. The Morgan fingerprint density at radius 1 is 0.881 bits per heavy atom. The summed E-state index contributed by atoms with van der Waals surface area (Å²) in [4.78, 5) is 19.2. The van der Waals surface area contributed by atoms with Crippen LogP contribution >= 0.6 is 0 Å². The number of likely N-dealkylation sites (N-methyl/N-ethyl adjacent to an activating group) is 1. The highest BCUT2D eigenvalue weighted by atomic mass is 16.7. The molecule has 7 heteroatoms. The summed E-state index contributed by atoms with van der Waals surface area (Å²) >= 11 is 0. The Morgan fingerprint density at radius 3 is 2.26 bits per heavy atom. The average Bonchev–Trinajstić information content (AvgIpc) is 3.05. The van der Waals surface area contributed by atoms with Crippen LogP contribution in [0.15, 0.2) is 103 Å². The van der Waals surface area contributed by atoms with E-state index in [0.717, 1.165) is 47.5 Å². The van der Waals surface area contributed by atoms with E-state index in [1.807, 2.05) is 85.1 Å². The summed E-state index contributed by atoms with van der Waals surface area (Å²) in [7, 11) is 2.12. The van der Waals surface area contributed by atoms with E-state index in [4.69, 9.17) is 9.47 Å². The molecule has 1 aliphatic rings. The number of carbonyl (C=O) groups is 1. The lowest BCUT2D eigenvalue weighted by molar-refractivity contribution is -0.275. The molecular formula is C35H39N3O4. The topological polar surface area (TPSA) is 83.9 Å². The van der Waals surface area contributed by atoms with E-state index in [2.05, 4.69) is 35.2 Å². The number of nitrogens with zero attached hydrogens (tertiary/aromatic N) is 2. The van der Waals surface area contributed by atoms with Crippen molar-refractivity contribution in [1.82, 2.24) is 15.2 Å². The lowest BCUT2D eigenvalue weighted by Gasteiger charge is -2.42. The standard InChI is InChI=1S/C35H39N3O4/c1-25-32(23-38(2)21-19-31-10-6-7-20-36-31)41-35(42-33(25)28-15-13-27(24-39)14-16-28)30-17-11-26(12-18-30)22-37-34(40)29-8-4-3-5-9-29/h3-18,20,25,32-33,35,39H,19,21-24H2,1-2H3,(H,37,40)/t25-,32+,33+,35+/m0/s1. The Kier molecular flexibility index (Phi) is 10.1. The van der Waals surface area contributed by atoms with Gasteiger partial charge in [-0.05, 0) is 48.0 Å². The van der Waals surface area contributed by atoms with Gasteiger partial charge in [-0.25, -0.2) is 0 Å². The SMILES string of the molecule is C[C@H]1[C@@H](CN(C)CCc2ccccn2)O[C@@H](c2ccc(CNC(=O)c3ccccc3)cc2)O[C@H]1c1ccc(CO)cc1. The van der Waals surface area contributed by atoms with Crippen LogP contribution in [0.25, 0.3) is 0 Å². The lowest BCUT2D eigenvalue weighted by atomic mass is 9.90. The van der Waals surface area contributed by atoms with Crippen LogP contribution < -0.4 is 5.32 Å². The van der Waals surface area contributed by atoms with E-state index in [1.54, 1.807) is 12.1 Å². The summed E-state index contributed by atoms with van der Waals surface area (Å²) < 4.78 is 13.2. The van der Waals surface area contributed by atoms with Gasteiger partial charge in [-0.3, -0.25) is 9.78 Å². The molecular weight excluding hydrogens is 526 g/mol. The summed E-state index contributed by atoms with van der Waals surface area (Å²) in [6, 6.07) is 31.2. The normalized spacial score (nSPS) is 20.4. The van der Waals surface area contributed by atoms with Crippen molar-refractivity contribution >= 4 is 5.91 Å². The predicted octanol–water partition coefficient (Wildman–Crippen LogP) is 5.47. The third-order valence-corrected chi connectivity index (χ3v) is 7.83. The minimum absolute atomic E-state index is 0.00887. The molecule has 218 valence electrons. The molecule has 42 heavy (non-hydrogen) atoms. The number of hydrogen-bond donors (Lipinski definition) is 2. The molecule has 0 unspecified atom stereocenters. The van der Waals surface area contributed by atoms with Crippen molar-refractivity contribution in [3.63, 3.8) is 0 Å². The Morgan fingerprint density at radius 2 is 1.57 bits per heavy atom. The Hall–Kier alpha value is -3.88. The van der Waals surface area contributed by atoms with Gasteiger partial charge in [0.25, 0.3) is 5.91 Å². The number of benzene rings is 3. The van der Waals surface area contributed by atoms with E-state index in [9.17, 15) is 9.90 Å². The van der Waals surface area contributed by atoms with Crippen molar-refractivity contribution in [2.45, 2.75) is 45.0 Å². The molecule has 4 atom stereocenters. The maximum Gasteiger partial charge on any atom is 0.251 e. The molecule has 0 radical (unpaired) electrons. The van der Waals surface area contributed by atoms with Crippen LogP contribution in [0, 0.1) is 5.92 Å². The number of carbonyl (C=O) groups excluding carboxylic acids is 1. The van der Waals surface area contributed by atoms with Crippen molar-refractivity contribution < 1.29 is 19.4 Å². The fourth-order valence-electron chi connectivity index (χ4n) is 5.24. The zero-order valence-corrected chi connectivity index (χ0v) is 24.2. The molecule has 0 bridgehead atoms. The number of ether oxygens (including phenoxy) is 2. The van der Waals surface area contributed by atoms with Gasteiger partial charge in [-0.2, -0.15) is 0 Å². The first kappa shape index (κ1) is 29.6. The first-order valence-corrected chi connectivity index (χ1v) is 14.5. The molecule has 1 aliphatic heterocycles. The quantitative estimate of drug-likeness (QED) is 0.251. The maximum atomic E-state index is 12.5. The molecule has 5 rings (SSSR count). The highest BCUT2D eigenvalue weighted by molar-refractivity contribution is 5.94. The van der Waals surface area contributed by atoms with Gasteiger partial charge in [0.1, 0.15) is 0 Å². The molecule has 1 fully saturated rings. The lowest BCUT2D eigenvalue weighted by Crippen LogP contribution is -2.43. The molecule has 1 saturated heterocycles. The van der Waals surface area contributed by atoms with E-state index < -0.39 is 6.29 Å². The molecule has 7 nitrogen and oxygen atoms in total. The smallest absolute Gasteiger partial charge is 0.251 e. The van der Waals surface area contributed by atoms with Gasteiger partial charge < -0.3 is 24.8 Å². The number of aliphatic hydroxyl groups excluding tert-OH is 1. The summed E-state index contributed by atoms with van der Waals surface area (Å²) in [6.45, 7) is 4.24. The second-order valence-electron chi connectivity index (χ2n) is 10.9. The van der Waals surface area contributed by atoms with E-state index >= 15 is 0 Å². The second-order valence-corrected chi connectivity index (χ2v) is 10.9. The van der Waals surface area contributed by atoms with Gasteiger partial charge in [0.2, 0.25) is 0 Å². The van der Waals surface area contributed by atoms with Gasteiger partial charge in [0, 0.05) is 55.0 Å². The van der Waals surface area contributed by atoms with Crippen molar-refractivity contribution in [3.05, 3.63) is 137 Å². The molecule has 0 saturated carbocycles. The third-order valence-electron chi connectivity index (χ3n) is 7.83. The number of amides is 1. The molecule has 4 aromatic rings. The Labute approximate surface area is 248 Å². The molecule has 2 heterocycles. The van der Waals surface area contributed by atoms with Gasteiger partial charge in [0.05, 0.1) is 18.8 Å². The number of nitrogens with one attached hydrogen (secondary N) is 1. The highest BCUT2D eigenvalue weighted by Crippen LogP contribution is 2.41. The first-order valence-electron chi connectivity index (χ1n) is 14.5. The van der Waals surface area contributed by atoms with Gasteiger partial charge in [0.15, 0.2) is 6.29 Å². The summed E-state index contributed by atoms with van der Waals surface area (Å²) in [5.74, 6) is 0.00340. The fraction of sp³-hybridized carbons (Fsp3) is 0.314. The van der Waals surface area contributed by atoms with Crippen LogP contribution in [0.1, 0.15) is 57.6 Å². The number of pyridine rings is 1.